The van der Waals surface area contributed by atoms with Gasteiger partial charge in [-0.25, -0.2) is 9.98 Å². The molecule has 0 saturated heterocycles. The van der Waals surface area contributed by atoms with Gasteiger partial charge in [0.15, 0.2) is 5.96 Å². The van der Waals surface area contributed by atoms with Gasteiger partial charge in [0.05, 0.1) is 30.3 Å². The highest BCUT2D eigenvalue weighted by atomic mass is 32.1. The average Bonchev–Trinajstić information content (AvgIpc) is 2.99. The van der Waals surface area contributed by atoms with Gasteiger partial charge in [-0.05, 0) is 38.5 Å². The average molecular weight is 403 g/mol. The summed E-state index contributed by atoms with van der Waals surface area (Å²) in [6.45, 7) is 7.73. The molecule has 0 aliphatic rings. The summed E-state index contributed by atoms with van der Waals surface area (Å²) < 4.78 is 0. The summed E-state index contributed by atoms with van der Waals surface area (Å²) >= 11 is 1.68. The van der Waals surface area contributed by atoms with E-state index < -0.39 is 5.91 Å². The van der Waals surface area contributed by atoms with Crippen LogP contribution < -0.4 is 21.7 Å². The number of hydrogen-bond donors (Lipinski definition) is 4. The van der Waals surface area contributed by atoms with Crippen LogP contribution in [0, 0.1) is 13.8 Å². The molecule has 2 rings (SSSR count). The lowest BCUT2D eigenvalue weighted by Gasteiger charge is -2.11. The number of aryl methyl sites for hydroxylation is 2. The zero-order valence-corrected chi connectivity index (χ0v) is 17.2. The molecule has 9 heteroatoms. The zero-order chi connectivity index (χ0) is 20.5. The molecule has 0 bridgehead atoms. The highest BCUT2D eigenvalue weighted by Crippen LogP contribution is 2.16. The van der Waals surface area contributed by atoms with Gasteiger partial charge in [-0.1, -0.05) is 12.1 Å². The van der Waals surface area contributed by atoms with Crippen molar-refractivity contribution in [2.24, 2.45) is 10.7 Å². The number of hydrogen-bond acceptors (Lipinski definition) is 5. The third kappa shape index (κ3) is 6.66. The van der Waals surface area contributed by atoms with Gasteiger partial charge >= 0.3 is 0 Å². The molecular formula is C19H26N6O2S. The lowest BCUT2D eigenvalue weighted by Crippen LogP contribution is -2.36. The van der Waals surface area contributed by atoms with Crippen LogP contribution in [0.2, 0.25) is 0 Å². The highest BCUT2D eigenvalue weighted by Gasteiger charge is 2.07. The van der Waals surface area contributed by atoms with Gasteiger partial charge < -0.3 is 21.7 Å². The largest absolute Gasteiger partial charge is 0.368 e. The number of guanidine groups is 1. The summed E-state index contributed by atoms with van der Waals surface area (Å²) in [5, 5.41) is 10.1. The van der Waals surface area contributed by atoms with E-state index in [2.05, 4.69) is 25.9 Å². The molecule has 1 heterocycles. The van der Waals surface area contributed by atoms with Gasteiger partial charge in [0, 0.05) is 17.0 Å². The summed E-state index contributed by atoms with van der Waals surface area (Å²) in [6.07, 6.45) is 0. The predicted octanol–water partition coefficient (Wildman–Crippen LogP) is 1.23. The Bertz CT molecular complexity index is 845. The quantitative estimate of drug-likeness (QED) is 0.391. The van der Waals surface area contributed by atoms with Crippen LogP contribution in [0.5, 0.6) is 0 Å². The van der Waals surface area contributed by atoms with E-state index in [0.29, 0.717) is 18.7 Å². The lowest BCUT2D eigenvalue weighted by atomic mass is 10.1. The number of primary amides is 1. The molecule has 8 nitrogen and oxygen atoms in total. The monoisotopic (exact) mass is 402 g/mol. The van der Waals surface area contributed by atoms with Gasteiger partial charge in [-0.15, -0.1) is 11.3 Å². The maximum absolute atomic E-state index is 11.9. The van der Waals surface area contributed by atoms with Gasteiger partial charge in [0.2, 0.25) is 5.91 Å². The number of amides is 2. The van der Waals surface area contributed by atoms with Crippen molar-refractivity contribution < 1.29 is 9.59 Å². The molecule has 5 N–H and O–H groups in total. The Morgan fingerprint density at radius 2 is 1.86 bits per heavy atom. The molecule has 0 spiro atoms. The van der Waals surface area contributed by atoms with E-state index in [4.69, 9.17) is 5.73 Å². The minimum atomic E-state index is -0.577. The summed E-state index contributed by atoms with van der Waals surface area (Å²) in [5.74, 6) is -0.193. The highest BCUT2D eigenvalue weighted by molar-refractivity contribution is 7.11. The van der Waals surface area contributed by atoms with Crippen molar-refractivity contribution >= 4 is 29.1 Å². The molecule has 28 heavy (non-hydrogen) atoms. The van der Waals surface area contributed by atoms with E-state index in [9.17, 15) is 9.59 Å². The number of benzene rings is 1. The number of aliphatic imine (C=N–C) groups is 1. The van der Waals surface area contributed by atoms with Crippen LogP contribution >= 0.6 is 11.3 Å². The number of thiazole rings is 1. The molecule has 1 aromatic heterocycles. The van der Waals surface area contributed by atoms with Gasteiger partial charge in [0.1, 0.15) is 0 Å². The van der Waals surface area contributed by atoms with Crippen LogP contribution in [-0.4, -0.2) is 35.8 Å². The maximum Gasteiger partial charge on any atom is 0.251 e. The smallest absolute Gasteiger partial charge is 0.251 e. The van der Waals surface area contributed by atoms with Crippen LogP contribution in [0.25, 0.3) is 0 Å². The molecule has 150 valence electrons. The van der Waals surface area contributed by atoms with Crippen LogP contribution in [-0.2, 0) is 17.9 Å². The van der Waals surface area contributed by atoms with Gasteiger partial charge in [-0.2, -0.15) is 0 Å². The first-order valence-electron chi connectivity index (χ1n) is 8.99. The summed E-state index contributed by atoms with van der Waals surface area (Å²) in [6, 6.07) is 7.07. The van der Waals surface area contributed by atoms with E-state index in [0.717, 1.165) is 28.8 Å². The van der Waals surface area contributed by atoms with E-state index in [1.165, 1.54) is 4.88 Å². The molecule has 0 fully saturated rings. The summed E-state index contributed by atoms with van der Waals surface area (Å²) in [7, 11) is 0. The Hall–Kier alpha value is -2.94. The van der Waals surface area contributed by atoms with Crippen molar-refractivity contribution in [3.05, 3.63) is 51.0 Å². The number of nitrogens with one attached hydrogen (secondary N) is 3. The number of aromatic nitrogens is 1. The Morgan fingerprint density at radius 1 is 1.14 bits per heavy atom. The second-order valence-corrected chi connectivity index (χ2v) is 7.42. The molecule has 1 aromatic carbocycles. The zero-order valence-electron chi connectivity index (χ0n) is 16.3. The van der Waals surface area contributed by atoms with E-state index in [-0.39, 0.29) is 12.5 Å². The third-order valence-electron chi connectivity index (χ3n) is 3.82. The normalized spacial score (nSPS) is 11.2. The van der Waals surface area contributed by atoms with Crippen molar-refractivity contribution in [3.63, 3.8) is 0 Å². The molecule has 0 radical (unpaired) electrons. The van der Waals surface area contributed by atoms with E-state index in [1.54, 1.807) is 23.5 Å². The van der Waals surface area contributed by atoms with E-state index >= 15 is 0 Å². The van der Waals surface area contributed by atoms with Crippen LogP contribution in [0.1, 0.15) is 38.4 Å². The van der Waals surface area contributed by atoms with Crippen molar-refractivity contribution in [1.82, 2.24) is 20.9 Å². The number of nitrogens with zero attached hydrogens (tertiary/aromatic N) is 2. The topological polar surface area (TPSA) is 122 Å². The lowest BCUT2D eigenvalue weighted by molar-refractivity contribution is -0.117. The van der Waals surface area contributed by atoms with Gasteiger partial charge in [-0.3, -0.25) is 9.59 Å². The SMILES string of the molecule is CCNC(=NCc1ccc(C(=O)NCC(N)=O)cc1)NCc1sc(C)nc1C. The Morgan fingerprint density at radius 3 is 2.43 bits per heavy atom. The minimum absolute atomic E-state index is 0.179. The Kier molecular flexibility index (Phi) is 7.94. The summed E-state index contributed by atoms with van der Waals surface area (Å²) in [5.41, 5.74) is 7.50. The Balaban J connectivity index is 1.95. The first-order valence-corrected chi connectivity index (χ1v) is 9.81. The fourth-order valence-corrected chi connectivity index (χ4v) is 3.32. The third-order valence-corrected chi connectivity index (χ3v) is 4.89. The van der Waals surface area contributed by atoms with Crippen molar-refractivity contribution in [1.29, 1.82) is 0 Å². The van der Waals surface area contributed by atoms with Crippen molar-refractivity contribution in [2.45, 2.75) is 33.9 Å². The molecule has 0 saturated carbocycles. The maximum atomic E-state index is 11.9. The second kappa shape index (κ2) is 10.4. The molecule has 0 atom stereocenters. The minimum Gasteiger partial charge on any atom is -0.368 e. The van der Waals surface area contributed by atoms with Gasteiger partial charge in [0.25, 0.3) is 5.91 Å². The van der Waals surface area contributed by atoms with E-state index in [1.807, 2.05) is 32.9 Å². The molecular weight excluding hydrogens is 376 g/mol. The predicted molar refractivity (Wildman–Crippen MR) is 111 cm³/mol. The first kappa shape index (κ1) is 21.4. The van der Waals surface area contributed by atoms with Crippen LogP contribution in [0.3, 0.4) is 0 Å². The standard InChI is InChI=1S/C19H26N6O2S/c1-4-21-19(24-10-16-12(2)25-13(3)28-16)23-9-14-5-7-15(8-6-14)18(27)22-11-17(20)26/h5-8H,4,9-11H2,1-3H3,(H2,20,26)(H,22,27)(H2,21,23,24). The second-order valence-electron chi connectivity index (χ2n) is 6.14. The Labute approximate surface area is 168 Å². The van der Waals surface area contributed by atoms with Crippen molar-refractivity contribution in [3.8, 4) is 0 Å². The fraction of sp³-hybridized carbons (Fsp3) is 0.368. The number of nitrogens with two attached hydrogens (primary N) is 1. The molecule has 0 aliphatic heterocycles. The first-order chi connectivity index (χ1) is 13.4. The number of carbonyl (C=O) groups is 2. The molecule has 0 unspecified atom stereocenters. The number of rotatable bonds is 8. The van der Waals surface area contributed by atoms with Crippen LogP contribution in [0.15, 0.2) is 29.3 Å². The van der Waals surface area contributed by atoms with Crippen LogP contribution in [0.4, 0.5) is 0 Å². The van der Waals surface area contributed by atoms with Crippen molar-refractivity contribution in [2.75, 3.05) is 13.1 Å². The fourth-order valence-electron chi connectivity index (χ4n) is 2.44. The summed E-state index contributed by atoms with van der Waals surface area (Å²) in [4.78, 5) is 32.8. The number of carbonyl (C=O) groups excluding carboxylic acids is 2. The molecule has 0 aliphatic carbocycles. The molecule has 2 amide bonds. The molecule has 2 aromatic rings.